The van der Waals surface area contributed by atoms with Crippen LogP contribution in [0.1, 0.15) is 33.6 Å². The molecule has 3 atom stereocenters. The van der Waals surface area contributed by atoms with E-state index in [4.69, 9.17) is 15.3 Å². The fraction of sp³-hybridized carbons (Fsp3) is 0.667. The van der Waals surface area contributed by atoms with Crippen molar-refractivity contribution < 1.29 is 28.3 Å². The van der Waals surface area contributed by atoms with E-state index in [1.54, 1.807) is 13.0 Å². The number of amides is 3. The number of carbonyl (C=O) groups is 3. The molecule has 0 unspecified atom stereocenters. The number of fused-ring (bicyclic) bond motifs is 2. The SMILES string of the molecule is CCC(CC)OC(=O)[C@H](F)ON1C(=O)N2C[C@H]1C=C(C)[C@H]2C(N)=O. The van der Waals surface area contributed by atoms with Crippen molar-refractivity contribution in [3.05, 3.63) is 11.6 Å². The molecule has 0 radical (unpaired) electrons. The second kappa shape index (κ2) is 7.16. The summed E-state index contributed by atoms with van der Waals surface area (Å²) in [7, 11) is 0. The number of hydrogen-bond acceptors (Lipinski definition) is 5. The summed E-state index contributed by atoms with van der Waals surface area (Å²) in [5.74, 6) is -1.86. The van der Waals surface area contributed by atoms with Gasteiger partial charge in [0.2, 0.25) is 5.91 Å². The lowest BCUT2D eigenvalue weighted by molar-refractivity contribution is -0.226. The molecule has 1 saturated heterocycles. The van der Waals surface area contributed by atoms with Crippen LogP contribution < -0.4 is 5.73 Å². The Morgan fingerprint density at radius 2 is 2.04 bits per heavy atom. The lowest BCUT2D eigenvalue weighted by Gasteiger charge is -2.27. The number of carbonyl (C=O) groups excluding carboxylic acids is 3. The summed E-state index contributed by atoms with van der Waals surface area (Å²) in [6.45, 7) is 5.42. The van der Waals surface area contributed by atoms with Crippen LogP contribution in [-0.2, 0) is 19.2 Å². The van der Waals surface area contributed by atoms with Gasteiger partial charge in [0.1, 0.15) is 12.1 Å². The molecule has 0 aromatic rings. The minimum Gasteiger partial charge on any atom is -0.458 e. The molecule has 2 aliphatic rings. The second-order valence-corrected chi connectivity index (χ2v) is 5.84. The van der Waals surface area contributed by atoms with E-state index >= 15 is 0 Å². The molecule has 8 nitrogen and oxygen atoms in total. The average molecular weight is 343 g/mol. The van der Waals surface area contributed by atoms with Crippen LogP contribution in [0.5, 0.6) is 0 Å². The highest BCUT2D eigenvalue weighted by atomic mass is 19.1. The van der Waals surface area contributed by atoms with Crippen LogP contribution in [0.15, 0.2) is 11.6 Å². The number of nitrogens with zero attached hydrogens (tertiary/aromatic N) is 2. The number of alkyl halides is 1. The van der Waals surface area contributed by atoms with Crippen LogP contribution in [0, 0.1) is 0 Å². The van der Waals surface area contributed by atoms with Crippen LogP contribution in [0.2, 0.25) is 0 Å². The average Bonchev–Trinajstić information content (AvgIpc) is 2.77. The number of ether oxygens (including phenoxy) is 1. The van der Waals surface area contributed by atoms with E-state index in [9.17, 15) is 18.8 Å². The first kappa shape index (κ1) is 18.2. The third-order valence-electron chi connectivity index (χ3n) is 4.17. The molecule has 9 heteroatoms. The normalized spacial score (nSPS) is 24.2. The molecule has 2 aliphatic heterocycles. The fourth-order valence-corrected chi connectivity index (χ4v) is 2.92. The van der Waals surface area contributed by atoms with E-state index < -0.39 is 42.5 Å². The maximum atomic E-state index is 14.0. The molecule has 0 aromatic heterocycles. The second-order valence-electron chi connectivity index (χ2n) is 5.84. The fourth-order valence-electron chi connectivity index (χ4n) is 2.92. The Labute approximate surface area is 139 Å². The van der Waals surface area contributed by atoms with Crippen molar-refractivity contribution in [3.8, 4) is 0 Å². The third kappa shape index (κ3) is 3.35. The van der Waals surface area contributed by atoms with E-state index in [-0.39, 0.29) is 6.54 Å². The van der Waals surface area contributed by atoms with Gasteiger partial charge < -0.3 is 15.4 Å². The number of primary amides is 1. The Kier molecular flexibility index (Phi) is 5.43. The van der Waals surface area contributed by atoms with Crippen molar-refractivity contribution in [1.82, 2.24) is 9.96 Å². The Morgan fingerprint density at radius 1 is 1.42 bits per heavy atom. The summed E-state index contributed by atoms with van der Waals surface area (Å²) in [4.78, 5) is 41.6. The molecular weight excluding hydrogens is 321 g/mol. The monoisotopic (exact) mass is 343 g/mol. The lowest BCUT2D eigenvalue weighted by Crippen LogP contribution is -2.48. The standard InChI is InChI=1S/C15H22FN3O5/c1-4-10(5-2)23-14(21)12(16)24-19-9-6-8(3)11(13(17)20)18(7-9)15(19)22/h6,9-12H,4-5,7H2,1-3H3,(H2,17,20)/t9-,11+,12-/m1/s1. The molecule has 2 N–H and O–H groups in total. The Hall–Kier alpha value is -2.16. The maximum absolute atomic E-state index is 14.0. The quantitative estimate of drug-likeness (QED) is 0.546. The zero-order valence-electron chi connectivity index (χ0n) is 13.9. The highest BCUT2D eigenvalue weighted by molar-refractivity contribution is 5.90. The summed E-state index contributed by atoms with van der Waals surface area (Å²) in [5, 5.41) is 0.755. The van der Waals surface area contributed by atoms with Crippen LogP contribution in [0.4, 0.5) is 9.18 Å². The summed E-state index contributed by atoms with van der Waals surface area (Å²) in [6.07, 6.45) is -0.115. The lowest BCUT2D eigenvalue weighted by atomic mass is 10.0. The van der Waals surface area contributed by atoms with E-state index in [1.165, 1.54) is 4.90 Å². The van der Waals surface area contributed by atoms with Gasteiger partial charge in [0, 0.05) is 0 Å². The van der Waals surface area contributed by atoms with Crippen LogP contribution in [0.25, 0.3) is 0 Å². The number of halogens is 1. The van der Waals surface area contributed by atoms with Gasteiger partial charge in [0.05, 0.1) is 12.6 Å². The number of urea groups is 1. The van der Waals surface area contributed by atoms with Crippen molar-refractivity contribution >= 4 is 17.9 Å². The summed E-state index contributed by atoms with van der Waals surface area (Å²) < 4.78 is 19.0. The van der Waals surface area contributed by atoms with Crippen LogP contribution in [-0.4, -0.2) is 59.0 Å². The largest absolute Gasteiger partial charge is 0.458 e. The predicted molar refractivity (Wildman–Crippen MR) is 80.9 cm³/mol. The van der Waals surface area contributed by atoms with Gasteiger partial charge in [-0.25, -0.2) is 18.8 Å². The smallest absolute Gasteiger partial charge is 0.371 e. The van der Waals surface area contributed by atoms with E-state index in [0.29, 0.717) is 18.4 Å². The molecule has 2 rings (SSSR count). The predicted octanol–water partition coefficient (Wildman–Crippen LogP) is 0.865. The number of hydrogen-bond donors (Lipinski definition) is 1. The molecule has 2 heterocycles. The highest BCUT2D eigenvalue weighted by Crippen LogP contribution is 2.30. The Balaban J connectivity index is 2.05. The van der Waals surface area contributed by atoms with Crippen molar-refractivity contribution in [1.29, 1.82) is 0 Å². The Morgan fingerprint density at radius 3 is 2.58 bits per heavy atom. The molecule has 134 valence electrons. The minimum absolute atomic E-state index is 0.137. The topological polar surface area (TPSA) is 102 Å². The number of rotatable bonds is 7. The molecule has 2 bridgehead atoms. The van der Waals surface area contributed by atoms with Crippen molar-refractivity contribution in [2.75, 3.05) is 6.54 Å². The van der Waals surface area contributed by atoms with Crippen molar-refractivity contribution in [2.45, 2.75) is 58.2 Å². The van der Waals surface area contributed by atoms with Gasteiger partial charge in [-0.1, -0.05) is 19.9 Å². The van der Waals surface area contributed by atoms with Gasteiger partial charge in [-0.3, -0.25) is 4.79 Å². The zero-order chi connectivity index (χ0) is 18.0. The molecular formula is C15H22FN3O5. The van der Waals surface area contributed by atoms with Gasteiger partial charge in [0.25, 0.3) is 0 Å². The first-order valence-corrected chi connectivity index (χ1v) is 7.88. The number of nitrogens with two attached hydrogens (primary N) is 1. The molecule has 0 aliphatic carbocycles. The molecule has 0 saturated carbocycles. The summed E-state index contributed by atoms with van der Waals surface area (Å²) >= 11 is 0. The molecule has 0 spiro atoms. The van der Waals surface area contributed by atoms with E-state index in [0.717, 1.165) is 5.06 Å². The zero-order valence-corrected chi connectivity index (χ0v) is 13.9. The van der Waals surface area contributed by atoms with Gasteiger partial charge in [-0.05, 0) is 25.3 Å². The van der Waals surface area contributed by atoms with E-state index in [1.807, 2.05) is 13.8 Å². The Bertz CT molecular complexity index is 563. The molecule has 3 amide bonds. The van der Waals surface area contributed by atoms with E-state index in [2.05, 4.69) is 0 Å². The van der Waals surface area contributed by atoms with Crippen molar-refractivity contribution in [3.63, 3.8) is 0 Å². The summed E-state index contributed by atoms with van der Waals surface area (Å²) in [6, 6.07) is -2.20. The first-order chi connectivity index (χ1) is 11.3. The van der Waals surface area contributed by atoms with Gasteiger partial charge in [-0.15, -0.1) is 0 Å². The first-order valence-electron chi connectivity index (χ1n) is 7.88. The summed E-state index contributed by atoms with van der Waals surface area (Å²) in [5.41, 5.74) is 5.88. The van der Waals surface area contributed by atoms with Gasteiger partial charge in [-0.2, -0.15) is 5.06 Å². The number of esters is 1. The van der Waals surface area contributed by atoms with Gasteiger partial charge >= 0.3 is 18.4 Å². The van der Waals surface area contributed by atoms with Crippen LogP contribution in [0.3, 0.4) is 0 Å². The highest BCUT2D eigenvalue weighted by Gasteiger charge is 2.48. The van der Waals surface area contributed by atoms with Crippen molar-refractivity contribution in [2.24, 2.45) is 5.73 Å². The minimum atomic E-state index is -2.42. The molecule has 1 fully saturated rings. The maximum Gasteiger partial charge on any atom is 0.371 e. The molecule has 24 heavy (non-hydrogen) atoms. The van der Waals surface area contributed by atoms with Gasteiger partial charge in [0.15, 0.2) is 0 Å². The van der Waals surface area contributed by atoms with Crippen LogP contribution >= 0.6 is 0 Å². The number of hydroxylamine groups is 2. The third-order valence-corrected chi connectivity index (χ3v) is 4.17. The molecule has 0 aromatic carbocycles.